The van der Waals surface area contributed by atoms with Crippen LogP contribution in [0.4, 0.5) is 5.69 Å². The number of anilines is 1. The first-order valence-corrected chi connectivity index (χ1v) is 7.10. The predicted molar refractivity (Wildman–Crippen MR) is 75.6 cm³/mol. The van der Waals surface area contributed by atoms with E-state index in [2.05, 4.69) is 44.1 Å². The molecule has 3 rings (SSSR count). The van der Waals surface area contributed by atoms with Gasteiger partial charge in [-0.05, 0) is 54.6 Å². The van der Waals surface area contributed by atoms with Crippen molar-refractivity contribution in [3.63, 3.8) is 0 Å². The van der Waals surface area contributed by atoms with E-state index in [1.54, 1.807) is 0 Å². The molecule has 18 heavy (non-hydrogen) atoms. The van der Waals surface area contributed by atoms with Crippen LogP contribution in [0.1, 0.15) is 45.6 Å². The van der Waals surface area contributed by atoms with E-state index in [-0.39, 0.29) is 0 Å². The molecule has 1 aromatic heterocycles. The Morgan fingerprint density at radius 1 is 1.28 bits per heavy atom. The molecule has 2 bridgehead atoms. The number of aryl methyl sites for hydroxylation is 1. The largest absolute Gasteiger partial charge is 0.380 e. The average molecular weight is 244 g/mol. The highest BCUT2D eigenvalue weighted by Gasteiger charge is 2.59. The summed E-state index contributed by atoms with van der Waals surface area (Å²) in [6, 6.07) is 2.78. The molecule has 1 heterocycles. The van der Waals surface area contributed by atoms with Gasteiger partial charge in [-0.25, -0.2) is 0 Å². The number of nitrogens with zero attached hydrogens (tertiary/aromatic N) is 1. The Bertz CT molecular complexity index is 461. The Labute approximate surface area is 110 Å². The number of pyridine rings is 1. The summed E-state index contributed by atoms with van der Waals surface area (Å²) in [5.74, 6) is 0.887. The molecule has 2 saturated carbocycles. The molecule has 0 aromatic carbocycles. The number of fused-ring (bicyclic) bond motifs is 2. The summed E-state index contributed by atoms with van der Waals surface area (Å²) in [6.07, 6.45) is 8.04. The molecule has 2 aliphatic carbocycles. The normalized spacial score (nSPS) is 36.9. The van der Waals surface area contributed by atoms with Crippen molar-refractivity contribution in [3.8, 4) is 0 Å². The van der Waals surface area contributed by atoms with Crippen molar-refractivity contribution in [2.45, 2.75) is 53.0 Å². The Hall–Kier alpha value is -1.05. The van der Waals surface area contributed by atoms with Gasteiger partial charge < -0.3 is 5.32 Å². The minimum atomic E-state index is 0.400. The standard InChI is InChI=1S/C16H24N2/c1-11-7-13(10-17-9-11)18-14-15(2,3)12-5-6-16(14,4)8-12/h7,9-10,12,14,18H,5-6,8H2,1-4H3. The fraction of sp³-hybridized carbons (Fsp3) is 0.688. The van der Waals surface area contributed by atoms with E-state index in [4.69, 9.17) is 0 Å². The van der Waals surface area contributed by atoms with E-state index in [0.717, 1.165) is 5.92 Å². The fourth-order valence-electron chi connectivity index (χ4n) is 4.46. The van der Waals surface area contributed by atoms with Crippen molar-refractivity contribution in [2.24, 2.45) is 16.7 Å². The summed E-state index contributed by atoms with van der Waals surface area (Å²) >= 11 is 0. The molecule has 0 amide bonds. The lowest BCUT2D eigenvalue weighted by atomic mass is 9.68. The molecule has 0 aliphatic heterocycles. The predicted octanol–water partition coefficient (Wildman–Crippen LogP) is 4.02. The smallest absolute Gasteiger partial charge is 0.0531 e. The highest BCUT2D eigenvalue weighted by molar-refractivity contribution is 5.45. The van der Waals surface area contributed by atoms with Gasteiger partial charge in [-0.3, -0.25) is 4.98 Å². The fourth-order valence-corrected chi connectivity index (χ4v) is 4.46. The maximum atomic E-state index is 4.30. The lowest BCUT2D eigenvalue weighted by Gasteiger charge is -2.43. The Morgan fingerprint density at radius 3 is 2.67 bits per heavy atom. The van der Waals surface area contributed by atoms with Gasteiger partial charge in [0.05, 0.1) is 5.69 Å². The van der Waals surface area contributed by atoms with Crippen LogP contribution in [0.25, 0.3) is 0 Å². The van der Waals surface area contributed by atoms with Crippen LogP contribution in [0.15, 0.2) is 18.5 Å². The van der Waals surface area contributed by atoms with Crippen LogP contribution in [-0.2, 0) is 0 Å². The highest BCUT2D eigenvalue weighted by Crippen LogP contribution is 2.63. The molecule has 1 N–H and O–H groups in total. The first-order valence-electron chi connectivity index (χ1n) is 7.10. The number of aromatic nitrogens is 1. The number of rotatable bonds is 2. The summed E-state index contributed by atoms with van der Waals surface area (Å²) in [4.78, 5) is 4.30. The molecule has 1 aromatic rings. The van der Waals surface area contributed by atoms with Gasteiger partial charge in [0.1, 0.15) is 0 Å². The molecule has 2 heteroatoms. The van der Waals surface area contributed by atoms with Gasteiger partial charge in [0.25, 0.3) is 0 Å². The number of nitrogens with one attached hydrogen (secondary N) is 1. The van der Waals surface area contributed by atoms with Gasteiger partial charge >= 0.3 is 0 Å². The van der Waals surface area contributed by atoms with Crippen molar-refractivity contribution >= 4 is 5.69 Å². The van der Waals surface area contributed by atoms with Crippen molar-refractivity contribution in [3.05, 3.63) is 24.0 Å². The van der Waals surface area contributed by atoms with Crippen molar-refractivity contribution in [1.29, 1.82) is 0 Å². The molecule has 98 valence electrons. The van der Waals surface area contributed by atoms with Crippen LogP contribution < -0.4 is 5.32 Å². The van der Waals surface area contributed by atoms with E-state index in [1.807, 2.05) is 12.4 Å². The topological polar surface area (TPSA) is 24.9 Å². The molecule has 3 unspecified atom stereocenters. The second-order valence-electron chi connectivity index (χ2n) is 7.24. The summed E-state index contributed by atoms with van der Waals surface area (Å²) in [5.41, 5.74) is 3.28. The van der Waals surface area contributed by atoms with Gasteiger partial charge in [-0.15, -0.1) is 0 Å². The summed E-state index contributed by atoms with van der Waals surface area (Å²) in [7, 11) is 0. The highest BCUT2D eigenvalue weighted by atomic mass is 15.0. The van der Waals surface area contributed by atoms with Crippen LogP contribution in [0.2, 0.25) is 0 Å². The Morgan fingerprint density at radius 2 is 2.06 bits per heavy atom. The zero-order chi connectivity index (χ0) is 13.0. The van der Waals surface area contributed by atoms with E-state index in [1.165, 1.54) is 30.5 Å². The molecule has 2 nitrogen and oxygen atoms in total. The second-order valence-corrected chi connectivity index (χ2v) is 7.24. The molecular weight excluding hydrogens is 220 g/mol. The quantitative estimate of drug-likeness (QED) is 0.850. The van der Waals surface area contributed by atoms with E-state index in [9.17, 15) is 0 Å². The van der Waals surface area contributed by atoms with Crippen LogP contribution >= 0.6 is 0 Å². The molecule has 0 radical (unpaired) electrons. The number of hydrogen-bond donors (Lipinski definition) is 1. The lowest BCUT2D eigenvalue weighted by molar-refractivity contribution is 0.155. The van der Waals surface area contributed by atoms with Crippen molar-refractivity contribution < 1.29 is 0 Å². The van der Waals surface area contributed by atoms with E-state index < -0.39 is 0 Å². The monoisotopic (exact) mass is 244 g/mol. The third-order valence-corrected chi connectivity index (χ3v) is 5.46. The van der Waals surface area contributed by atoms with Gasteiger partial charge in [-0.2, -0.15) is 0 Å². The average Bonchev–Trinajstić information content (AvgIpc) is 2.76. The van der Waals surface area contributed by atoms with Gasteiger partial charge in [0.2, 0.25) is 0 Å². The zero-order valence-electron chi connectivity index (χ0n) is 12.0. The van der Waals surface area contributed by atoms with Gasteiger partial charge in [0.15, 0.2) is 0 Å². The summed E-state index contributed by atoms with van der Waals surface area (Å²) in [5, 5.41) is 3.78. The second kappa shape index (κ2) is 3.72. The van der Waals surface area contributed by atoms with Crippen LogP contribution in [0, 0.1) is 23.7 Å². The van der Waals surface area contributed by atoms with E-state index in [0.29, 0.717) is 16.9 Å². The third-order valence-electron chi connectivity index (χ3n) is 5.46. The van der Waals surface area contributed by atoms with E-state index >= 15 is 0 Å². The summed E-state index contributed by atoms with van der Waals surface area (Å²) < 4.78 is 0. The van der Waals surface area contributed by atoms with Crippen molar-refractivity contribution in [2.75, 3.05) is 5.32 Å². The molecule has 2 fully saturated rings. The van der Waals surface area contributed by atoms with Gasteiger partial charge in [0, 0.05) is 18.4 Å². The molecule has 2 aliphatic rings. The minimum absolute atomic E-state index is 0.400. The maximum Gasteiger partial charge on any atom is 0.0531 e. The molecule has 0 saturated heterocycles. The summed E-state index contributed by atoms with van der Waals surface area (Å²) in [6.45, 7) is 9.43. The minimum Gasteiger partial charge on any atom is -0.380 e. The molecular formula is C16H24N2. The maximum absolute atomic E-state index is 4.30. The Kier molecular flexibility index (Phi) is 2.48. The van der Waals surface area contributed by atoms with Crippen LogP contribution in [0.5, 0.6) is 0 Å². The number of hydrogen-bond acceptors (Lipinski definition) is 2. The third kappa shape index (κ3) is 1.65. The van der Waals surface area contributed by atoms with Crippen LogP contribution in [-0.4, -0.2) is 11.0 Å². The van der Waals surface area contributed by atoms with Crippen LogP contribution in [0.3, 0.4) is 0 Å². The lowest BCUT2D eigenvalue weighted by Crippen LogP contribution is -2.45. The Balaban J connectivity index is 1.88. The molecule has 3 atom stereocenters. The zero-order valence-corrected chi connectivity index (χ0v) is 12.0. The first-order chi connectivity index (χ1) is 8.42. The van der Waals surface area contributed by atoms with Crippen molar-refractivity contribution in [1.82, 2.24) is 4.98 Å². The molecule has 0 spiro atoms. The SMILES string of the molecule is Cc1cncc(NC2C3(C)CCC(C3)C2(C)C)c1. The first kappa shape index (κ1) is 12.0. The van der Waals surface area contributed by atoms with Gasteiger partial charge in [-0.1, -0.05) is 20.8 Å².